The predicted octanol–water partition coefficient (Wildman–Crippen LogP) is 13.6. The molecular weight excluding hydrogens is 1310 g/mol. The van der Waals surface area contributed by atoms with Gasteiger partial charge in [0.25, 0.3) is 0 Å². The number of likely N-dealkylation sites (N-methyl/N-ethyl adjacent to an activating group) is 3. The topological polar surface area (TPSA) is 255 Å². The summed E-state index contributed by atoms with van der Waals surface area (Å²) in [6, 6.07) is 31.7. The molecule has 20 nitrogen and oxygen atoms in total. The van der Waals surface area contributed by atoms with Crippen LogP contribution in [0.15, 0.2) is 103 Å². The monoisotopic (exact) mass is 1410 g/mol. The Kier molecular flexibility index (Phi) is 21.6. The van der Waals surface area contributed by atoms with Gasteiger partial charge in [-0.1, -0.05) is 124 Å². The van der Waals surface area contributed by atoms with Crippen molar-refractivity contribution in [3.8, 4) is 28.5 Å². The second kappa shape index (κ2) is 29.4. The number of carbonyl (C=O) groups is 7. The number of phenolic OH excluding ortho intramolecular Hbond substituents is 1. The van der Waals surface area contributed by atoms with Gasteiger partial charge in [-0.25, -0.2) is 19.6 Å². The van der Waals surface area contributed by atoms with Crippen molar-refractivity contribution >= 4 is 74.7 Å². The average molecular weight is 1410 g/mol. The lowest BCUT2D eigenvalue weighted by Gasteiger charge is -2.53. The number of halogens is 1. The molecule has 21 heteroatoms. The van der Waals surface area contributed by atoms with Gasteiger partial charge in [0.05, 0.1) is 33.8 Å². The van der Waals surface area contributed by atoms with Crippen molar-refractivity contribution in [2.75, 3.05) is 111 Å². The normalized spacial score (nSPS) is 26.0. The summed E-state index contributed by atoms with van der Waals surface area (Å²) in [6.07, 6.45) is 8.60. The zero-order chi connectivity index (χ0) is 73.6. The molecule has 102 heavy (non-hydrogen) atoms. The molecule has 6 aliphatic carbocycles. The number of nitrogens with zero attached hydrogens (tertiary/aromatic N) is 8. The molecule has 3 aliphatic heterocycles. The second-order valence-electron chi connectivity index (χ2n) is 32.5. The number of fused-ring (bicyclic) bond motifs is 13. The van der Waals surface area contributed by atoms with Crippen LogP contribution in [0.4, 0.5) is 25.8 Å². The zero-order valence-electron chi connectivity index (χ0n) is 61.6. The van der Waals surface area contributed by atoms with Crippen LogP contribution in [-0.4, -0.2) is 185 Å². The summed E-state index contributed by atoms with van der Waals surface area (Å²) in [7, 11) is 6.14. The molecule has 5 aromatic carbocycles. The number of benzene rings is 5. The fraction of sp³-hybridized carbons (Fsp3) is 0.519. The van der Waals surface area contributed by atoms with Gasteiger partial charge in [-0.3, -0.25) is 24.0 Å². The maximum Gasteiger partial charge on any atom is 0.415 e. The van der Waals surface area contributed by atoms with Gasteiger partial charge < -0.3 is 55.4 Å². The maximum absolute atomic E-state index is 13.1. The fourth-order valence-electron chi connectivity index (χ4n) is 18.5. The summed E-state index contributed by atoms with van der Waals surface area (Å²) >= 11 is 5.27. The van der Waals surface area contributed by atoms with E-state index in [2.05, 4.69) is 96.2 Å². The Morgan fingerprint density at radius 1 is 0.451 bits per heavy atom. The minimum Gasteiger partial charge on any atom is -0.508 e. The van der Waals surface area contributed by atoms with Crippen LogP contribution >= 0.6 is 11.6 Å². The van der Waals surface area contributed by atoms with Crippen molar-refractivity contribution in [2.24, 2.45) is 28.1 Å². The van der Waals surface area contributed by atoms with E-state index in [1.165, 1.54) is 24.5 Å². The number of anilines is 2. The Morgan fingerprint density at radius 3 is 1.23 bits per heavy atom. The van der Waals surface area contributed by atoms with Crippen molar-refractivity contribution in [3.05, 3.63) is 137 Å². The molecule has 6 atom stereocenters. The van der Waals surface area contributed by atoms with Crippen molar-refractivity contribution in [1.82, 2.24) is 39.4 Å². The van der Waals surface area contributed by atoms with Gasteiger partial charge in [-0.2, -0.15) is 0 Å². The third-order valence-corrected chi connectivity index (χ3v) is 24.1. The number of aromatic hydroxyl groups is 1. The number of hydrogen-bond acceptors (Lipinski definition) is 17. The Hall–Kier alpha value is -8.30. The highest BCUT2D eigenvalue weighted by Gasteiger charge is 2.59. The van der Waals surface area contributed by atoms with Crippen LogP contribution in [0.1, 0.15) is 169 Å². The first-order valence-electron chi connectivity index (χ1n) is 36.3. The number of ketones is 4. The van der Waals surface area contributed by atoms with Gasteiger partial charge in [-0.05, 0) is 165 Å². The van der Waals surface area contributed by atoms with Crippen LogP contribution in [0.2, 0.25) is 0 Å². The lowest BCUT2D eigenvalue weighted by molar-refractivity contribution is -0.129. The number of amides is 3. The lowest BCUT2D eigenvalue weighted by atomic mass is 9.50. The van der Waals surface area contributed by atoms with Crippen molar-refractivity contribution < 1.29 is 48.1 Å². The summed E-state index contributed by atoms with van der Waals surface area (Å²) in [6.45, 7) is 29.1. The predicted molar refractivity (Wildman–Crippen MR) is 399 cm³/mol. The number of rotatable bonds is 2. The molecule has 6 fully saturated rings. The van der Waals surface area contributed by atoms with Gasteiger partial charge in [0.2, 0.25) is 23.1 Å². The number of Topliss-reactive ketones (excluding diaryl/α,β-unsaturated/α-hetero) is 4. The van der Waals surface area contributed by atoms with E-state index in [4.69, 9.17) is 42.5 Å². The molecular formula is C81H103ClN10O10. The minimum absolute atomic E-state index is 0.0405. The van der Waals surface area contributed by atoms with Crippen LogP contribution in [0, 0.1) is 28.1 Å². The van der Waals surface area contributed by atoms with Crippen LogP contribution in [0.3, 0.4) is 0 Å². The second-order valence-corrected chi connectivity index (χ2v) is 32.9. The van der Waals surface area contributed by atoms with Crippen molar-refractivity contribution in [2.45, 2.75) is 142 Å². The number of ether oxygens (including phenoxy) is 2. The number of nitrogens with two attached hydrogens (primary N) is 2. The first-order valence-corrected chi connectivity index (χ1v) is 36.7. The Bertz CT molecular complexity index is 4190. The fourth-order valence-corrected chi connectivity index (χ4v) is 18.7. The van der Waals surface area contributed by atoms with E-state index in [1.54, 1.807) is 45.0 Å². The number of aromatic nitrogens is 2. The van der Waals surface area contributed by atoms with E-state index in [0.717, 1.165) is 136 Å². The Balaban J connectivity index is 0.000000140. The summed E-state index contributed by atoms with van der Waals surface area (Å²) < 4.78 is 11.4. The van der Waals surface area contributed by atoms with Crippen LogP contribution in [0.25, 0.3) is 22.3 Å². The van der Waals surface area contributed by atoms with Crippen LogP contribution < -0.4 is 20.9 Å². The van der Waals surface area contributed by atoms with E-state index >= 15 is 0 Å². The SMILES string of the molecule is CC1(C)CCC[C@]2(C)c3ccc(O)cc3C(=O)C(=O)[C@H]12.CN1CCN(C(=O)Cl)CC1.CN1CCN(C(=O)Oc2ccc3c(c2)-c2nc4ccccc4nc2[C@@H]2C(C)(C)CCC[C@]32C)CC1.CN1CCN(C(=O)Oc2ccc3c(c2)C(=O)C(=O)[C@@H]2C(C)(C)CCC[C@]32C)CC1.Nc1ccccc1N. The molecule has 3 saturated heterocycles. The maximum atomic E-state index is 13.1. The molecule has 0 radical (unpaired) electrons. The number of nitrogen functional groups attached to an aromatic ring is 2. The Labute approximate surface area is 605 Å². The van der Waals surface area contributed by atoms with Crippen LogP contribution in [-0.2, 0) is 25.8 Å². The number of piperazine rings is 3. The molecule has 0 unspecified atom stereocenters. The number of hydrogen-bond donors (Lipinski definition) is 3. The van der Waals surface area contributed by atoms with Crippen molar-refractivity contribution in [1.29, 1.82) is 0 Å². The summed E-state index contributed by atoms with van der Waals surface area (Å²) in [5.41, 5.74) is 20.0. The van der Waals surface area contributed by atoms with Gasteiger partial charge in [0.1, 0.15) is 17.2 Å². The summed E-state index contributed by atoms with van der Waals surface area (Å²) in [5.74, 6) is -0.803. The van der Waals surface area contributed by atoms with Crippen LogP contribution in [0.5, 0.6) is 17.2 Å². The number of carbonyl (C=O) groups excluding carboxylic acids is 7. The largest absolute Gasteiger partial charge is 0.508 e. The first kappa shape index (κ1) is 74.9. The van der Waals surface area contributed by atoms with Crippen molar-refractivity contribution in [3.63, 3.8) is 0 Å². The molecule has 6 aromatic rings. The van der Waals surface area contributed by atoms with Gasteiger partial charge in [0, 0.05) is 129 Å². The van der Waals surface area contributed by atoms with E-state index in [0.29, 0.717) is 60.2 Å². The third kappa shape index (κ3) is 14.9. The van der Waals surface area contributed by atoms with E-state index < -0.39 is 17.7 Å². The third-order valence-electron chi connectivity index (χ3n) is 23.9. The highest BCUT2D eigenvalue weighted by molar-refractivity contribution is 6.62. The highest BCUT2D eigenvalue weighted by atomic mass is 35.5. The van der Waals surface area contributed by atoms with Gasteiger partial charge in [0.15, 0.2) is 0 Å². The smallest absolute Gasteiger partial charge is 0.415 e. The van der Waals surface area contributed by atoms with E-state index in [1.807, 2.05) is 68.7 Å². The average Bonchev–Trinajstić information content (AvgIpc) is 0.716. The molecule has 1 aromatic heterocycles. The number of phenols is 1. The molecule has 0 bridgehead atoms. The molecule has 544 valence electrons. The summed E-state index contributed by atoms with van der Waals surface area (Å²) in [4.78, 5) is 109. The molecule has 4 heterocycles. The molecule has 15 rings (SSSR count). The summed E-state index contributed by atoms with van der Waals surface area (Å²) in [5, 5.41) is 9.29. The highest BCUT2D eigenvalue weighted by Crippen LogP contribution is 2.63. The minimum atomic E-state index is -0.449. The first-order chi connectivity index (χ1) is 48.2. The molecule has 3 amide bonds. The lowest BCUT2D eigenvalue weighted by Crippen LogP contribution is -2.54. The quantitative estimate of drug-likeness (QED) is 0.0630. The number of para-hydroxylation sites is 4. The molecule has 9 aliphatic rings. The molecule has 3 saturated carbocycles. The van der Waals surface area contributed by atoms with E-state index in [-0.39, 0.29) is 79.0 Å². The van der Waals surface area contributed by atoms with E-state index in [9.17, 15) is 38.7 Å². The van der Waals surface area contributed by atoms with Gasteiger partial charge >= 0.3 is 17.6 Å². The van der Waals surface area contributed by atoms with Gasteiger partial charge in [-0.15, -0.1) is 0 Å². The molecule has 5 N–H and O–H groups in total. The molecule has 0 spiro atoms. The standard InChI is InChI=1S/C29H34N4O2.C23H30N2O4.C17H20O3.C6H11ClN2O.C6H8N2/c1-28(2)12-7-13-29(3)21-11-10-19(35-27(34)33-16-14-32(4)15-17-33)18-20(21)24-25(26(28)29)31-23-9-6-5-8-22(23)30-24;1-22(2)8-5-9-23(3)17-7-6-15(14-16(17)18(26)19(27)20(22)23)29-21(28)25-12-10-24(4)11-13-25;1-16(2)7-4-8-17(3)12-6-5-10(18)9-11(12)13(19)14(20)15(16)17;1-8-2-4-9(5-3-8)6(7)10;7-5-3-1-2-4-6(5)8/h5-6,8-11,18,26H,7,12-17H2,1-4H3;6-7,14,20H,5,8-13H2,1-4H3;5-6,9,15,18H,4,7-8H2,1-3H3;2-5H2,1H3;1-4H,7-8H2/t26-,29-;20-,23-;15-,17-;;/m111../s1. The zero-order valence-corrected chi connectivity index (χ0v) is 62.4. The Morgan fingerprint density at radius 2 is 0.804 bits per heavy atom.